The fourth-order valence-electron chi connectivity index (χ4n) is 1.82. The maximum absolute atomic E-state index is 12.4. The van der Waals surface area contributed by atoms with Crippen molar-refractivity contribution in [1.82, 2.24) is 0 Å². The predicted octanol–water partition coefficient (Wildman–Crippen LogP) is 5.14. The van der Waals surface area contributed by atoms with Crippen LogP contribution in [0.3, 0.4) is 0 Å². The van der Waals surface area contributed by atoms with Crippen LogP contribution >= 0.6 is 34.8 Å². The van der Waals surface area contributed by atoms with E-state index in [9.17, 15) is 10.1 Å². The number of ketones is 1. The Balaban J connectivity index is 2.46. The zero-order valence-electron chi connectivity index (χ0n) is 10.1. The standard InChI is InChI=1S/C15H8Cl3NO/c16-9-5-6-10(14(18)7-9)12(8-19)15(20)11-3-1-2-4-13(11)17/h1-7,12H. The summed E-state index contributed by atoms with van der Waals surface area (Å²) in [7, 11) is 0. The highest BCUT2D eigenvalue weighted by Crippen LogP contribution is 2.31. The van der Waals surface area contributed by atoms with Crippen LogP contribution in [0.1, 0.15) is 21.8 Å². The first kappa shape index (κ1) is 14.9. The summed E-state index contributed by atoms with van der Waals surface area (Å²) in [5.74, 6) is -1.40. The van der Waals surface area contributed by atoms with E-state index in [1.54, 1.807) is 36.4 Å². The van der Waals surface area contributed by atoms with E-state index in [0.717, 1.165) is 0 Å². The maximum Gasteiger partial charge on any atom is 0.186 e. The molecule has 0 radical (unpaired) electrons. The van der Waals surface area contributed by atoms with Gasteiger partial charge in [0.25, 0.3) is 0 Å². The second kappa shape index (κ2) is 6.28. The van der Waals surface area contributed by atoms with Crippen molar-refractivity contribution in [2.45, 2.75) is 5.92 Å². The number of hydrogen-bond donors (Lipinski definition) is 0. The SMILES string of the molecule is N#CC(C(=O)c1ccccc1Cl)c1ccc(Cl)cc1Cl. The van der Waals surface area contributed by atoms with Gasteiger partial charge in [0.15, 0.2) is 5.78 Å². The lowest BCUT2D eigenvalue weighted by Crippen LogP contribution is -2.12. The Morgan fingerprint density at radius 2 is 1.75 bits per heavy atom. The van der Waals surface area contributed by atoms with Gasteiger partial charge in [-0.05, 0) is 29.8 Å². The molecule has 100 valence electrons. The minimum Gasteiger partial charge on any atom is -0.292 e. The van der Waals surface area contributed by atoms with Gasteiger partial charge in [0.05, 0.1) is 11.1 Å². The molecule has 0 amide bonds. The number of hydrogen-bond acceptors (Lipinski definition) is 2. The van der Waals surface area contributed by atoms with Crippen molar-refractivity contribution in [2.75, 3.05) is 0 Å². The first-order valence-corrected chi connectivity index (χ1v) is 6.81. The van der Waals surface area contributed by atoms with Crippen LogP contribution in [0, 0.1) is 11.3 Å². The van der Waals surface area contributed by atoms with Crippen LogP contribution in [0.25, 0.3) is 0 Å². The van der Waals surface area contributed by atoms with Crippen LogP contribution in [0.2, 0.25) is 15.1 Å². The second-order valence-electron chi connectivity index (χ2n) is 4.07. The Hall–Kier alpha value is -1.53. The fraction of sp³-hybridized carbons (Fsp3) is 0.0667. The molecule has 0 N–H and O–H groups in total. The lowest BCUT2D eigenvalue weighted by molar-refractivity contribution is 0.0979. The van der Waals surface area contributed by atoms with Crippen LogP contribution in [0.15, 0.2) is 42.5 Å². The molecule has 0 fully saturated rings. The topological polar surface area (TPSA) is 40.9 Å². The molecule has 1 atom stereocenters. The van der Waals surface area contributed by atoms with Crippen LogP contribution in [-0.2, 0) is 0 Å². The predicted molar refractivity (Wildman–Crippen MR) is 80.6 cm³/mol. The number of nitrogens with zero attached hydrogens (tertiary/aromatic N) is 1. The summed E-state index contributed by atoms with van der Waals surface area (Å²) in [5, 5.41) is 10.3. The average Bonchev–Trinajstić information content (AvgIpc) is 2.42. The van der Waals surface area contributed by atoms with E-state index in [2.05, 4.69) is 0 Å². The third kappa shape index (κ3) is 2.96. The van der Waals surface area contributed by atoms with Gasteiger partial charge in [0, 0.05) is 15.6 Å². The molecule has 0 aliphatic heterocycles. The molecule has 20 heavy (non-hydrogen) atoms. The zero-order valence-corrected chi connectivity index (χ0v) is 12.4. The molecule has 0 saturated carbocycles. The van der Waals surface area contributed by atoms with Gasteiger partial charge in [-0.15, -0.1) is 0 Å². The van der Waals surface area contributed by atoms with Crippen LogP contribution in [0.4, 0.5) is 0 Å². The summed E-state index contributed by atoms with van der Waals surface area (Å²) < 4.78 is 0. The number of benzene rings is 2. The van der Waals surface area contributed by atoms with Gasteiger partial charge >= 0.3 is 0 Å². The van der Waals surface area contributed by atoms with E-state index in [0.29, 0.717) is 21.2 Å². The highest BCUT2D eigenvalue weighted by Gasteiger charge is 2.25. The maximum atomic E-state index is 12.4. The molecular weight excluding hydrogens is 317 g/mol. The summed E-state index contributed by atoms with van der Waals surface area (Å²) in [4.78, 5) is 12.4. The van der Waals surface area contributed by atoms with Crippen molar-refractivity contribution in [1.29, 1.82) is 5.26 Å². The van der Waals surface area contributed by atoms with Crippen LogP contribution in [-0.4, -0.2) is 5.78 Å². The molecule has 0 saturated heterocycles. The van der Waals surface area contributed by atoms with Crippen molar-refractivity contribution in [2.24, 2.45) is 0 Å². The molecule has 2 aromatic rings. The molecule has 0 spiro atoms. The summed E-state index contributed by atoms with van der Waals surface area (Å²) in [6.45, 7) is 0. The van der Waals surface area contributed by atoms with Crippen molar-refractivity contribution >= 4 is 40.6 Å². The summed E-state index contributed by atoms with van der Waals surface area (Å²) in [6.07, 6.45) is 0. The van der Waals surface area contributed by atoms with E-state index in [1.165, 1.54) is 6.07 Å². The molecule has 0 bridgehead atoms. The Morgan fingerprint density at radius 1 is 1.05 bits per heavy atom. The lowest BCUT2D eigenvalue weighted by Gasteiger charge is -2.11. The van der Waals surface area contributed by atoms with Crippen molar-refractivity contribution in [3.63, 3.8) is 0 Å². The third-order valence-corrected chi connectivity index (χ3v) is 3.70. The smallest absolute Gasteiger partial charge is 0.186 e. The number of carbonyl (C=O) groups excluding carboxylic acids is 1. The molecule has 2 nitrogen and oxygen atoms in total. The van der Waals surface area contributed by atoms with Gasteiger partial charge in [-0.1, -0.05) is 53.0 Å². The normalized spacial score (nSPS) is 11.7. The van der Waals surface area contributed by atoms with Gasteiger partial charge < -0.3 is 0 Å². The number of rotatable bonds is 3. The first-order chi connectivity index (χ1) is 9.54. The molecular formula is C15H8Cl3NO. The average molecular weight is 325 g/mol. The van der Waals surface area contributed by atoms with Crippen LogP contribution in [0.5, 0.6) is 0 Å². The largest absolute Gasteiger partial charge is 0.292 e. The van der Waals surface area contributed by atoms with Gasteiger partial charge in [-0.3, -0.25) is 4.79 Å². The van der Waals surface area contributed by atoms with Gasteiger partial charge in [-0.25, -0.2) is 0 Å². The van der Waals surface area contributed by atoms with Gasteiger partial charge in [0.2, 0.25) is 0 Å². The molecule has 0 aromatic heterocycles. The molecule has 0 aliphatic rings. The Kier molecular flexibility index (Phi) is 4.67. The summed E-state index contributed by atoms with van der Waals surface area (Å²) in [5.41, 5.74) is 0.718. The molecule has 1 unspecified atom stereocenters. The van der Waals surface area contributed by atoms with Gasteiger partial charge in [-0.2, -0.15) is 5.26 Å². The minimum absolute atomic E-state index is 0.282. The monoisotopic (exact) mass is 323 g/mol. The molecule has 2 rings (SSSR count). The Labute approximate surface area is 131 Å². The molecule has 0 heterocycles. The van der Waals surface area contributed by atoms with Crippen LogP contribution < -0.4 is 0 Å². The van der Waals surface area contributed by atoms with E-state index in [4.69, 9.17) is 34.8 Å². The Morgan fingerprint density at radius 3 is 2.35 bits per heavy atom. The fourth-order valence-corrected chi connectivity index (χ4v) is 2.57. The first-order valence-electron chi connectivity index (χ1n) is 5.68. The Bertz CT molecular complexity index is 707. The highest BCUT2D eigenvalue weighted by molar-refractivity contribution is 6.36. The minimum atomic E-state index is -1.01. The molecule has 5 heteroatoms. The third-order valence-electron chi connectivity index (χ3n) is 2.80. The van der Waals surface area contributed by atoms with Crippen molar-refractivity contribution in [3.8, 4) is 6.07 Å². The highest BCUT2D eigenvalue weighted by atomic mass is 35.5. The molecule has 2 aromatic carbocycles. The summed E-state index contributed by atoms with van der Waals surface area (Å²) in [6, 6.07) is 13.2. The number of nitriles is 1. The quantitative estimate of drug-likeness (QED) is 0.734. The lowest BCUT2D eigenvalue weighted by atomic mass is 9.92. The van der Waals surface area contributed by atoms with Gasteiger partial charge in [0.1, 0.15) is 5.92 Å². The second-order valence-corrected chi connectivity index (χ2v) is 5.32. The van der Waals surface area contributed by atoms with E-state index >= 15 is 0 Å². The zero-order chi connectivity index (χ0) is 14.7. The number of halogens is 3. The summed E-state index contributed by atoms with van der Waals surface area (Å²) >= 11 is 17.9. The van der Waals surface area contributed by atoms with Crippen molar-refractivity contribution < 1.29 is 4.79 Å². The number of carbonyl (C=O) groups is 1. The van der Waals surface area contributed by atoms with Crippen molar-refractivity contribution in [3.05, 3.63) is 68.7 Å². The van der Waals surface area contributed by atoms with E-state index in [1.807, 2.05) is 6.07 Å². The number of Topliss-reactive ketones (excluding diaryl/α,β-unsaturated/α-hetero) is 1. The van der Waals surface area contributed by atoms with E-state index < -0.39 is 5.92 Å². The van der Waals surface area contributed by atoms with E-state index in [-0.39, 0.29) is 10.8 Å². The molecule has 0 aliphatic carbocycles.